The van der Waals surface area contributed by atoms with E-state index in [1.807, 2.05) is 0 Å². The van der Waals surface area contributed by atoms with Gasteiger partial charge in [0.25, 0.3) is 0 Å². The highest BCUT2D eigenvalue weighted by molar-refractivity contribution is 6.30. The van der Waals surface area contributed by atoms with Crippen molar-refractivity contribution in [1.82, 2.24) is 0 Å². The average Bonchev–Trinajstić information content (AvgIpc) is 4.08. The molecule has 1 fully saturated rings. The second-order valence-electron chi connectivity index (χ2n) is 20.8. The van der Waals surface area contributed by atoms with Crippen molar-refractivity contribution in [2.75, 3.05) is 4.90 Å². The molecule has 1 heteroatoms. The fourth-order valence-electron chi connectivity index (χ4n) is 15.0. The first-order valence-corrected chi connectivity index (χ1v) is 25.6. The van der Waals surface area contributed by atoms with E-state index in [1.165, 1.54) is 139 Å². The lowest BCUT2D eigenvalue weighted by Crippen LogP contribution is -2.37. The molecule has 330 valence electrons. The van der Waals surface area contributed by atoms with Gasteiger partial charge in [0, 0.05) is 40.7 Å². The number of hydrogen-bond donors (Lipinski definition) is 0. The van der Waals surface area contributed by atoms with Gasteiger partial charge < -0.3 is 4.90 Å². The number of para-hydroxylation sites is 2. The van der Waals surface area contributed by atoms with Crippen molar-refractivity contribution in [2.24, 2.45) is 23.7 Å². The molecule has 9 aliphatic carbocycles. The molecule has 17 rings (SSSR count). The van der Waals surface area contributed by atoms with Gasteiger partial charge in [-0.05, 0) is 188 Å². The molecule has 0 aromatic heterocycles. The van der Waals surface area contributed by atoms with Gasteiger partial charge in [0.2, 0.25) is 0 Å². The minimum Gasteiger partial charge on any atom is -0.310 e. The summed E-state index contributed by atoms with van der Waals surface area (Å²) in [4.78, 5) is 2.40. The third-order valence-electron chi connectivity index (χ3n) is 17.6. The smallest absolute Gasteiger partial charge is 0.0468 e. The van der Waals surface area contributed by atoms with E-state index in [0.29, 0.717) is 0 Å². The quantitative estimate of drug-likeness (QED) is 0.156. The highest BCUT2D eigenvalue weighted by Crippen LogP contribution is 2.69. The third kappa shape index (κ3) is 4.96. The molecular formula is C70H45N. The van der Waals surface area contributed by atoms with Crippen LogP contribution in [0.15, 0.2) is 247 Å². The average molecular weight is 900 g/mol. The molecule has 4 atom stereocenters. The summed E-state index contributed by atoms with van der Waals surface area (Å²) in [5, 5.41) is 5.54. The highest BCUT2D eigenvalue weighted by Gasteiger charge is 2.54. The molecule has 8 aromatic carbocycles. The van der Waals surface area contributed by atoms with Gasteiger partial charge in [-0.3, -0.25) is 0 Å². The van der Waals surface area contributed by atoms with Crippen molar-refractivity contribution in [2.45, 2.75) is 12.8 Å². The number of anilines is 3. The summed E-state index contributed by atoms with van der Waals surface area (Å²) in [6.07, 6.45) is 27.2. The Morgan fingerprint density at radius 1 is 0.338 bits per heavy atom. The molecule has 0 heterocycles. The number of nitrogens with zero attached hydrogens (tertiary/aromatic N) is 1. The highest BCUT2D eigenvalue weighted by atomic mass is 15.1. The molecule has 9 aliphatic rings. The van der Waals surface area contributed by atoms with Crippen LogP contribution in [0.25, 0.3) is 77.2 Å². The van der Waals surface area contributed by atoms with E-state index in [-0.39, 0.29) is 23.7 Å². The number of rotatable bonds is 5. The third-order valence-corrected chi connectivity index (χ3v) is 17.6. The lowest BCUT2D eigenvalue weighted by Gasteiger charge is -2.48. The molecule has 0 bridgehead atoms. The van der Waals surface area contributed by atoms with Crippen molar-refractivity contribution in [3.8, 4) is 22.3 Å². The number of allylic oxidation sites excluding steroid dienone is 20. The van der Waals surface area contributed by atoms with Crippen LogP contribution in [-0.4, -0.2) is 0 Å². The molecule has 1 nitrogen and oxygen atoms in total. The van der Waals surface area contributed by atoms with Crippen LogP contribution in [-0.2, 0) is 0 Å². The Hall–Kier alpha value is -8.52. The zero-order valence-corrected chi connectivity index (χ0v) is 39.0. The fourth-order valence-corrected chi connectivity index (χ4v) is 15.0. The number of hydrogen-bond acceptors (Lipinski definition) is 1. The van der Waals surface area contributed by atoms with Gasteiger partial charge in [0.05, 0.1) is 0 Å². The van der Waals surface area contributed by atoms with Gasteiger partial charge in [-0.1, -0.05) is 182 Å². The summed E-state index contributed by atoms with van der Waals surface area (Å²) >= 11 is 0. The first-order chi connectivity index (χ1) is 35.3. The molecular weight excluding hydrogens is 855 g/mol. The van der Waals surface area contributed by atoms with Gasteiger partial charge in [0.1, 0.15) is 0 Å². The Bertz CT molecular complexity index is 4080. The second-order valence-corrected chi connectivity index (χ2v) is 20.8. The van der Waals surface area contributed by atoms with E-state index >= 15 is 0 Å². The van der Waals surface area contributed by atoms with Crippen molar-refractivity contribution >= 4 is 72.0 Å². The summed E-state index contributed by atoms with van der Waals surface area (Å²) in [7, 11) is 0. The molecule has 0 saturated heterocycles. The fraction of sp³-hybridized carbons (Fsp3) is 0.0857. The number of benzene rings is 8. The summed E-state index contributed by atoms with van der Waals surface area (Å²) < 4.78 is 0. The maximum Gasteiger partial charge on any atom is 0.0468 e. The predicted molar refractivity (Wildman–Crippen MR) is 297 cm³/mol. The van der Waals surface area contributed by atoms with E-state index in [9.17, 15) is 0 Å². The minimum atomic E-state index is 0.211. The molecule has 0 radical (unpaired) electrons. The predicted octanol–water partition coefficient (Wildman–Crippen LogP) is 17.9. The van der Waals surface area contributed by atoms with Gasteiger partial charge in [-0.2, -0.15) is 0 Å². The molecule has 8 aromatic rings. The standard InChI is InChI=1S/C70H45N/c1-5-16-40(17-6-1)61-60-39-59-46-25-14-13-24-45(46)48-26-15-27-55(63(48)59)68(60)62(41-18-7-2-8-19-41)70-57-37-35-53-51-32-33-54-58-38-44(71(42-20-9-3-10-21-42)43-22-11-4-12-23-43)28-29-47(58)49-30-31-50(65(51)64(49)54)52-34-36-56(69(61)70)67(57)66(52)53/h1-13,15-24,26-39,64-67H,14,25H2. The van der Waals surface area contributed by atoms with Crippen LogP contribution in [0.4, 0.5) is 17.1 Å². The monoisotopic (exact) mass is 899 g/mol. The molecule has 71 heavy (non-hydrogen) atoms. The van der Waals surface area contributed by atoms with Crippen LogP contribution in [0.2, 0.25) is 0 Å². The zero-order chi connectivity index (χ0) is 46.1. The van der Waals surface area contributed by atoms with Crippen molar-refractivity contribution in [3.05, 3.63) is 280 Å². The molecule has 4 unspecified atom stereocenters. The molecule has 0 amide bonds. The van der Waals surface area contributed by atoms with Crippen LogP contribution >= 0.6 is 0 Å². The summed E-state index contributed by atoms with van der Waals surface area (Å²) in [5.41, 5.74) is 32.0. The Morgan fingerprint density at radius 2 is 0.859 bits per heavy atom. The van der Waals surface area contributed by atoms with E-state index in [0.717, 1.165) is 24.2 Å². The van der Waals surface area contributed by atoms with Gasteiger partial charge >= 0.3 is 0 Å². The summed E-state index contributed by atoms with van der Waals surface area (Å²) in [5.74, 6) is 0.995. The lowest BCUT2D eigenvalue weighted by atomic mass is 9.54. The molecule has 0 N–H and O–H groups in total. The lowest BCUT2D eigenvalue weighted by molar-refractivity contribution is 0.525. The first kappa shape index (κ1) is 38.3. The largest absolute Gasteiger partial charge is 0.310 e. The summed E-state index contributed by atoms with van der Waals surface area (Å²) in [6, 6.07) is 61.2. The SMILES string of the molecule is C1=CC2=C(CC1)c1cc3c(-c4ccccc4)c4c(c(-c5ccccc5)c3c3cccc2c13)C1=CC=C2C3=CC=C5c6cc(N(c7ccccc7)c7ccccc7)ccc6C6=CC=C(C7=CC=C4C1C72)C3C65. The van der Waals surface area contributed by atoms with Crippen LogP contribution in [0, 0.1) is 23.7 Å². The second kappa shape index (κ2) is 14.1. The van der Waals surface area contributed by atoms with E-state index in [4.69, 9.17) is 0 Å². The van der Waals surface area contributed by atoms with E-state index in [1.54, 1.807) is 0 Å². The van der Waals surface area contributed by atoms with Crippen molar-refractivity contribution in [1.29, 1.82) is 0 Å². The maximum absolute atomic E-state index is 2.62. The maximum atomic E-state index is 2.62. The minimum absolute atomic E-state index is 0.211. The Kier molecular flexibility index (Phi) is 7.59. The number of fused-ring (bicyclic) bond motifs is 12. The Labute approximate surface area is 413 Å². The molecule has 0 spiro atoms. The van der Waals surface area contributed by atoms with Crippen LogP contribution in [0.3, 0.4) is 0 Å². The van der Waals surface area contributed by atoms with Gasteiger partial charge in [0.15, 0.2) is 0 Å². The van der Waals surface area contributed by atoms with Crippen molar-refractivity contribution < 1.29 is 0 Å². The van der Waals surface area contributed by atoms with Crippen LogP contribution < -0.4 is 4.90 Å². The van der Waals surface area contributed by atoms with Crippen molar-refractivity contribution in [3.63, 3.8) is 0 Å². The molecule has 0 aliphatic heterocycles. The normalized spacial score (nSPS) is 21.7. The first-order valence-electron chi connectivity index (χ1n) is 25.6. The van der Waals surface area contributed by atoms with E-state index in [2.05, 4.69) is 229 Å². The van der Waals surface area contributed by atoms with Gasteiger partial charge in [-0.25, -0.2) is 0 Å². The topological polar surface area (TPSA) is 3.24 Å². The molecule has 1 saturated carbocycles. The Morgan fingerprint density at radius 3 is 1.49 bits per heavy atom. The van der Waals surface area contributed by atoms with Crippen LogP contribution in [0.1, 0.15) is 46.2 Å². The Balaban J connectivity index is 0.894. The zero-order valence-electron chi connectivity index (χ0n) is 39.0. The van der Waals surface area contributed by atoms with E-state index < -0.39 is 0 Å². The summed E-state index contributed by atoms with van der Waals surface area (Å²) in [6.45, 7) is 0. The van der Waals surface area contributed by atoms with Gasteiger partial charge in [-0.15, -0.1) is 0 Å². The van der Waals surface area contributed by atoms with Crippen LogP contribution in [0.5, 0.6) is 0 Å².